The zero-order valence-corrected chi connectivity index (χ0v) is 11.6. The van der Waals surface area contributed by atoms with Gasteiger partial charge in [-0.2, -0.15) is 0 Å². The number of fused-ring (bicyclic) bond motifs is 2. The molecule has 1 fully saturated rings. The van der Waals surface area contributed by atoms with Gasteiger partial charge in [0, 0.05) is 24.5 Å². The molecule has 1 saturated heterocycles. The minimum Gasteiger partial charge on any atom is -0.436 e. The van der Waals surface area contributed by atoms with E-state index in [2.05, 4.69) is 15.0 Å². The van der Waals surface area contributed by atoms with E-state index < -0.39 is 5.54 Å². The van der Waals surface area contributed by atoms with Gasteiger partial charge in [-0.05, 0) is 12.5 Å². The van der Waals surface area contributed by atoms with Crippen molar-refractivity contribution in [2.45, 2.75) is 12.0 Å². The number of aromatic nitrogens is 2. The van der Waals surface area contributed by atoms with Crippen molar-refractivity contribution in [3.63, 3.8) is 0 Å². The second-order valence-electron chi connectivity index (χ2n) is 5.09. The molecule has 2 aromatic rings. The highest BCUT2D eigenvalue weighted by Gasteiger charge is 2.49. The lowest BCUT2D eigenvalue weighted by Crippen LogP contribution is -2.47. The average molecular weight is 290 g/mol. The molecule has 0 saturated carbocycles. The third kappa shape index (κ3) is 1.73. The van der Waals surface area contributed by atoms with Crippen molar-refractivity contribution in [2.75, 3.05) is 19.0 Å². The molecule has 2 aliphatic rings. The summed E-state index contributed by atoms with van der Waals surface area (Å²) in [6.07, 6.45) is 4.32. The summed E-state index contributed by atoms with van der Waals surface area (Å²) in [7, 11) is 0. The Balaban J connectivity index is 1.89. The van der Waals surface area contributed by atoms with Crippen LogP contribution in [0.15, 0.2) is 27.9 Å². The number of hydrogen-bond acceptors (Lipinski definition) is 7. The van der Waals surface area contributed by atoms with Crippen LogP contribution in [0.1, 0.15) is 12.3 Å². The number of hydrogen-bond donors (Lipinski definition) is 1. The second kappa shape index (κ2) is 4.46. The van der Waals surface area contributed by atoms with Gasteiger partial charge in [0.05, 0.1) is 12.8 Å². The van der Waals surface area contributed by atoms with Gasteiger partial charge in [-0.15, -0.1) is 0 Å². The van der Waals surface area contributed by atoms with Crippen molar-refractivity contribution >= 4 is 28.0 Å². The lowest BCUT2D eigenvalue weighted by atomic mass is 9.82. The molecule has 2 aromatic heterocycles. The molecule has 20 heavy (non-hydrogen) atoms. The summed E-state index contributed by atoms with van der Waals surface area (Å²) in [5, 5.41) is 0.576. The number of aliphatic imine (C=N–C) groups is 1. The van der Waals surface area contributed by atoms with Crippen molar-refractivity contribution in [3.05, 3.63) is 24.4 Å². The zero-order chi connectivity index (χ0) is 13.6. The summed E-state index contributed by atoms with van der Waals surface area (Å²) in [4.78, 5) is 13.3. The van der Waals surface area contributed by atoms with Crippen molar-refractivity contribution in [1.29, 1.82) is 0 Å². The molecular formula is C13H14N4O2S. The van der Waals surface area contributed by atoms with Crippen molar-refractivity contribution in [1.82, 2.24) is 9.97 Å². The molecule has 0 amide bonds. The Morgan fingerprint density at radius 1 is 1.45 bits per heavy atom. The average Bonchev–Trinajstić information content (AvgIpc) is 2.91. The third-order valence-electron chi connectivity index (χ3n) is 3.91. The van der Waals surface area contributed by atoms with Gasteiger partial charge < -0.3 is 14.9 Å². The van der Waals surface area contributed by atoms with Crippen molar-refractivity contribution in [3.8, 4) is 0 Å². The quantitative estimate of drug-likeness (QED) is 0.857. The van der Waals surface area contributed by atoms with Crippen LogP contribution in [-0.4, -0.2) is 34.1 Å². The molecule has 2 aliphatic heterocycles. The molecular weight excluding hydrogens is 276 g/mol. The van der Waals surface area contributed by atoms with Crippen molar-refractivity contribution < 1.29 is 9.15 Å². The Labute approximate surface area is 119 Å². The fourth-order valence-electron chi connectivity index (χ4n) is 2.82. The normalized spacial score (nSPS) is 30.0. The van der Waals surface area contributed by atoms with Crippen LogP contribution in [-0.2, 0) is 10.3 Å². The van der Waals surface area contributed by atoms with Crippen LogP contribution in [0.25, 0.3) is 11.1 Å². The molecule has 0 aliphatic carbocycles. The number of pyridine rings is 1. The van der Waals surface area contributed by atoms with E-state index in [0.29, 0.717) is 29.2 Å². The maximum Gasteiger partial charge on any atom is 0.226 e. The van der Waals surface area contributed by atoms with Gasteiger partial charge in [-0.1, -0.05) is 11.8 Å². The Morgan fingerprint density at radius 2 is 2.40 bits per heavy atom. The first kappa shape index (κ1) is 12.2. The number of ether oxygens (including phenoxy) is 1. The highest BCUT2D eigenvalue weighted by atomic mass is 32.2. The predicted molar refractivity (Wildman–Crippen MR) is 76.5 cm³/mol. The van der Waals surface area contributed by atoms with Crippen LogP contribution < -0.4 is 5.73 Å². The summed E-state index contributed by atoms with van der Waals surface area (Å²) in [5.41, 5.74) is 6.82. The fourth-order valence-corrected chi connectivity index (χ4v) is 3.86. The van der Waals surface area contributed by atoms with Crippen LogP contribution in [0.4, 0.5) is 0 Å². The molecule has 6 nitrogen and oxygen atoms in total. The molecule has 7 heteroatoms. The van der Waals surface area contributed by atoms with Gasteiger partial charge in [0.1, 0.15) is 5.52 Å². The van der Waals surface area contributed by atoms with E-state index in [1.54, 1.807) is 24.2 Å². The number of amidine groups is 1. The standard InChI is InChI=1S/C13H14N4O2S/c14-12-17-13(7-18-4-2-8(13)6-20-12)11-16-9-1-3-15-5-10(9)19-11/h1,3,5,8H,2,4,6-7H2,(H2,14,17). The number of thioether (sulfide) groups is 1. The first-order chi connectivity index (χ1) is 9.78. The molecule has 4 rings (SSSR count). The summed E-state index contributed by atoms with van der Waals surface area (Å²) < 4.78 is 11.5. The number of rotatable bonds is 1. The molecule has 2 N–H and O–H groups in total. The summed E-state index contributed by atoms with van der Waals surface area (Å²) in [6.45, 7) is 1.23. The Morgan fingerprint density at radius 3 is 3.30 bits per heavy atom. The molecule has 2 atom stereocenters. The molecule has 4 heterocycles. The van der Waals surface area contributed by atoms with Crippen molar-refractivity contribution in [2.24, 2.45) is 16.6 Å². The Kier molecular flexibility index (Phi) is 2.71. The van der Waals surface area contributed by atoms with E-state index >= 15 is 0 Å². The van der Waals surface area contributed by atoms with E-state index in [1.165, 1.54) is 0 Å². The van der Waals surface area contributed by atoms with Crippen LogP contribution in [0.5, 0.6) is 0 Å². The predicted octanol–water partition coefficient (Wildman–Crippen LogP) is 1.52. The minimum absolute atomic E-state index is 0.342. The molecule has 2 unspecified atom stereocenters. The summed E-state index contributed by atoms with van der Waals surface area (Å²) in [6, 6.07) is 1.84. The Bertz CT molecular complexity index is 653. The molecule has 0 spiro atoms. The SMILES string of the molecule is NC1=NC2(c3nc4ccncc4o3)COCCC2CS1. The second-order valence-corrected chi connectivity index (χ2v) is 6.13. The maximum atomic E-state index is 5.93. The van der Waals surface area contributed by atoms with E-state index in [0.717, 1.165) is 24.3 Å². The molecule has 0 bridgehead atoms. The van der Waals surface area contributed by atoms with Crippen LogP contribution in [0.2, 0.25) is 0 Å². The van der Waals surface area contributed by atoms with Gasteiger partial charge >= 0.3 is 0 Å². The maximum absolute atomic E-state index is 5.93. The van der Waals surface area contributed by atoms with Gasteiger partial charge in [0.25, 0.3) is 0 Å². The van der Waals surface area contributed by atoms with E-state index in [1.807, 2.05) is 6.07 Å². The third-order valence-corrected chi connectivity index (χ3v) is 4.87. The lowest BCUT2D eigenvalue weighted by molar-refractivity contribution is -0.00667. The van der Waals surface area contributed by atoms with E-state index in [4.69, 9.17) is 14.9 Å². The first-order valence-electron chi connectivity index (χ1n) is 6.55. The summed E-state index contributed by atoms with van der Waals surface area (Å²) >= 11 is 1.59. The zero-order valence-electron chi connectivity index (χ0n) is 10.8. The molecule has 0 aromatic carbocycles. The number of nitrogens with zero attached hydrogens (tertiary/aromatic N) is 3. The van der Waals surface area contributed by atoms with Gasteiger partial charge in [-0.25, -0.2) is 9.98 Å². The smallest absolute Gasteiger partial charge is 0.226 e. The van der Waals surface area contributed by atoms with E-state index in [9.17, 15) is 0 Å². The van der Waals surface area contributed by atoms with Gasteiger partial charge in [-0.3, -0.25) is 4.98 Å². The van der Waals surface area contributed by atoms with Crippen LogP contribution >= 0.6 is 11.8 Å². The minimum atomic E-state index is -0.577. The molecule has 104 valence electrons. The highest BCUT2D eigenvalue weighted by Crippen LogP contribution is 2.44. The van der Waals surface area contributed by atoms with E-state index in [-0.39, 0.29) is 0 Å². The van der Waals surface area contributed by atoms with Gasteiger partial charge in [0.15, 0.2) is 16.3 Å². The van der Waals surface area contributed by atoms with Gasteiger partial charge in [0.2, 0.25) is 5.89 Å². The van der Waals surface area contributed by atoms with Crippen LogP contribution in [0, 0.1) is 5.92 Å². The number of oxazole rings is 1. The highest BCUT2D eigenvalue weighted by molar-refractivity contribution is 8.13. The summed E-state index contributed by atoms with van der Waals surface area (Å²) in [5.74, 6) is 1.86. The van der Waals surface area contributed by atoms with Crippen LogP contribution in [0.3, 0.4) is 0 Å². The Hall–Kier alpha value is -1.60. The first-order valence-corrected chi connectivity index (χ1v) is 7.53. The fraction of sp³-hybridized carbons (Fsp3) is 0.462. The molecule has 0 radical (unpaired) electrons. The largest absolute Gasteiger partial charge is 0.436 e. The lowest BCUT2D eigenvalue weighted by Gasteiger charge is -2.40. The topological polar surface area (TPSA) is 86.5 Å². The monoisotopic (exact) mass is 290 g/mol. The number of nitrogens with two attached hydrogens (primary N) is 1.